The van der Waals surface area contributed by atoms with Gasteiger partial charge in [-0.1, -0.05) is 15.9 Å². The molecule has 1 aromatic heterocycles. The Morgan fingerprint density at radius 2 is 2.15 bits per heavy atom. The summed E-state index contributed by atoms with van der Waals surface area (Å²) in [5.74, 6) is 0.523. The third kappa shape index (κ3) is 1.69. The van der Waals surface area contributed by atoms with Gasteiger partial charge in [0.25, 0.3) is 0 Å². The molecular weight excluding hydrogens is 249 g/mol. The van der Waals surface area contributed by atoms with Crippen molar-refractivity contribution in [3.8, 4) is 0 Å². The first kappa shape index (κ1) is 8.97. The summed E-state index contributed by atoms with van der Waals surface area (Å²) in [7, 11) is 0. The van der Waals surface area contributed by atoms with E-state index in [1.807, 2.05) is 24.3 Å². The number of halogens is 2. The van der Waals surface area contributed by atoms with Crippen molar-refractivity contribution < 1.29 is 0 Å². The van der Waals surface area contributed by atoms with Crippen LogP contribution in [0.25, 0.3) is 10.9 Å². The number of nitrogens with zero attached hydrogens (tertiary/aromatic N) is 1. The Morgan fingerprint density at radius 3 is 2.92 bits per heavy atom. The maximum absolute atomic E-state index is 5.82. The molecule has 0 saturated heterocycles. The Labute approximate surface area is 89.9 Å². The van der Waals surface area contributed by atoms with Crippen LogP contribution in [0.5, 0.6) is 0 Å². The first-order valence-corrected chi connectivity index (χ1v) is 5.23. The molecule has 0 N–H and O–H groups in total. The quantitative estimate of drug-likeness (QED) is 0.708. The van der Waals surface area contributed by atoms with Crippen LogP contribution in [0.1, 0.15) is 5.56 Å². The van der Waals surface area contributed by atoms with Gasteiger partial charge in [0.2, 0.25) is 0 Å². The van der Waals surface area contributed by atoms with Crippen molar-refractivity contribution in [2.45, 2.75) is 5.88 Å². The Kier molecular flexibility index (Phi) is 2.51. The minimum atomic E-state index is 0.523. The summed E-state index contributed by atoms with van der Waals surface area (Å²) in [5.41, 5.74) is 2.11. The molecular formula is C10H7BrClN. The molecule has 0 radical (unpaired) electrons. The van der Waals surface area contributed by atoms with Crippen LogP contribution < -0.4 is 0 Å². The largest absolute Gasteiger partial charge is 0.256 e. The number of alkyl halides is 1. The molecule has 0 unspecified atom stereocenters. The molecule has 13 heavy (non-hydrogen) atoms. The number of aromatic nitrogens is 1. The summed E-state index contributed by atoms with van der Waals surface area (Å²) in [5, 5.41) is 1.12. The summed E-state index contributed by atoms with van der Waals surface area (Å²) in [6.45, 7) is 0. The molecule has 0 aliphatic carbocycles. The average Bonchev–Trinajstić information content (AvgIpc) is 2.17. The zero-order valence-corrected chi connectivity index (χ0v) is 9.14. The van der Waals surface area contributed by atoms with Crippen LogP contribution in [0.4, 0.5) is 0 Å². The number of fused-ring (bicyclic) bond motifs is 1. The van der Waals surface area contributed by atoms with Crippen molar-refractivity contribution in [1.82, 2.24) is 4.98 Å². The Bertz CT molecular complexity index is 442. The molecule has 0 aliphatic heterocycles. The fraction of sp³-hybridized carbons (Fsp3) is 0.100. The van der Waals surface area contributed by atoms with Gasteiger partial charge in [0.1, 0.15) is 0 Å². The van der Waals surface area contributed by atoms with Gasteiger partial charge in [0.15, 0.2) is 0 Å². The van der Waals surface area contributed by atoms with E-state index in [9.17, 15) is 0 Å². The van der Waals surface area contributed by atoms with Crippen LogP contribution in [-0.2, 0) is 5.88 Å². The van der Waals surface area contributed by atoms with E-state index in [-0.39, 0.29) is 0 Å². The van der Waals surface area contributed by atoms with Gasteiger partial charge in [-0.05, 0) is 29.8 Å². The Morgan fingerprint density at radius 1 is 1.31 bits per heavy atom. The molecule has 66 valence electrons. The van der Waals surface area contributed by atoms with Gasteiger partial charge >= 0.3 is 0 Å². The predicted molar refractivity (Wildman–Crippen MR) is 59.0 cm³/mol. The van der Waals surface area contributed by atoms with Crippen molar-refractivity contribution in [3.05, 3.63) is 40.5 Å². The minimum absolute atomic E-state index is 0.523. The van der Waals surface area contributed by atoms with Crippen molar-refractivity contribution in [3.63, 3.8) is 0 Å². The highest BCUT2D eigenvalue weighted by Crippen LogP contribution is 2.22. The molecule has 1 aromatic carbocycles. The molecule has 0 aliphatic rings. The molecule has 0 bridgehead atoms. The first-order valence-electron chi connectivity index (χ1n) is 3.90. The maximum atomic E-state index is 5.82. The molecule has 0 atom stereocenters. The summed E-state index contributed by atoms with van der Waals surface area (Å²) < 4.78 is 1.05. The summed E-state index contributed by atoms with van der Waals surface area (Å²) in [4.78, 5) is 4.25. The summed E-state index contributed by atoms with van der Waals surface area (Å²) in [6, 6.07) is 7.95. The minimum Gasteiger partial charge on any atom is -0.256 e. The van der Waals surface area contributed by atoms with Crippen molar-refractivity contribution >= 4 is 38.4 Å². The van der Waals surface area contributed by atoms with Gasteiger partial charge in [0, 0.05) is 21.9 Å². The van der Waals surface area contributed by atoms with Gasteiger partial charge in [-0.2, -0.15) is 0 Å². The number of hydrogen-bond acceptors (Lipinski definition) is 1. The lowest BCUT2D eigenvalue weighted by Crippen LogP contribution is -1.84. The fourth-order valence-corrected chi connectivity index (χ4v) is 1.89. The van der Waals surface area contributed by atoms with E-state index < -0.39 is 0 Å². The number of rotatable bonds is 1. The lowest BCUT2D eigenvalue weighted by atomic mass is 10.1. The molecule has 2 rings (SSSR count). The molecule has 0 fully saturated rings. The second-order valence-electron chi connectivity index (χ2n) is 2.77. The summed E-state index contributed by atoms with van der Waals surface area (Å²) >= 11 is 9.24. The second-order valence-corrected chi connectivity index (χ2v) is 3.95. The zero-order chi connectivity index (χ0) is 9.26. The Hall–Kier alpha value is -0.600. The van der Waals surface area contributed by atoms with Crippen LogP contribution in [0.3, 0.4) is 0 Å². The van der Waals surface area contributed by atoms with E-state index >= 15 is 0 Å². The SMILES string of the molecule is ClCc1ccnc2ccc(Br)cc12. The molecule has 1 heterocycles. The smallest absolute Gasteiger partial charge is 0.0705 e. The third-order valence-corrected chi connectivity index (χ3v) is 2.72. The lowest BCUT2D eigenvalue weighted by molar-refractivity contribution is 1.34. The van der Waals surface area contributed by atoms with Crippen LogP contribution in [0.2, 0.25) is 0 Å². The van der Waals surface area contributed by atoms with Crippen LogP contribution in [0.15, 0.2) is 34.9 Å². The number of benzene rings is 1. The van der Waals surface area contributed by atoms with Crippen LogP contribution in [-0.4, -0.2) is 4.98 Å². The normalized spacial score (nSPS) is 10.6. The zero-order valence-electron chi connectivity index (χ0n) is 6.80. The second kappa shape index (κ2) is 3.64. The highest BCUT2D eigenvalue weighted by molar-refractivity contribution is 9.10. The van der Waals surface area contributed by atoms with E-state index in [1.54, 1.807) is 6.20 Å². The standard InChI is InChI=1S/C10H7BrClN/c11-8-1-2-10-9(5-8)7(6-12)3-4-13-10/h1-5H,6H2. The fourth-order valence-electron chi connectivity index (χ4n) is 1.29. The van der Waals surface area contributed by atoms with Crippen LogP contribution in [0, 0.1) is 0 Å². The highest BCUT2D eigenvalue weighted by atomic mass is 79.9. The average molecular weight is 257 g/mol. The number of pyridine rings is 1. The monoisotopic (exact) mass is 255 g/mol. The van der Waals surface area contributed by atoms with E-state index in [0.717, 1.165) is 20.9 Å². The summed E-state index contributed by atoms with van der Waals surface area (Å²) in [6.07, 6.45) is 1.79. The van der Waals surface area contributed by atoms with Gasteiger partial charge in [-0.15, -0.1) is 11.6 Å². The van der Waals surface area contributed by atoms with Gasteiger partial charge in [0.05, 0.1) is 5.52 Å². The molecule has 0 amide bonds. The van der Waals surface area contributed by atoms with E-state index in [1.165, 1.54) is 0 Å². The van der Waals surface area contributed by atoms with Crippen molar-refractivity contribution in [1.29, 1.82) is 0 Å². The number of hydrogen-bond donors (Lipinski definition) is 0. The predicted octanol–water partition coefficient (Wildman–Crippen LogP) is 3.74. The Balaban J connectivity index is 2.79. The van der Waals surface area contributed by atoms with E-state index in [4.69, 9.17) is 11.6 Å². The molecule has 0 spiro atoms. The third-order valence-electron chi connectivity index (χ3n) is 1.94. The highest BCUT2D eigenvalue weighted by Gasteiger charge is 2.00. The van der Waals surface area contributed by atoms with E-state index in [0.29, 0.717) is 5.88 Å². The lowest BCUT2D eigenvalue weighted by Gasteiger charge is -2.02. The topological polar surface area (TPSA) is 12.9 Å². The van der Waals surface area contributed by atoms with Crippen molar-refractivity contribution in [2.75, 3.05) is 0 Å². The molecule has 0 saturated carbocycles. The first-order chi connectivity index (χ1) is 6.31. The molecule has 1 nitrogen and oxygen atoms in total. The van der Waals surface area contributed by atoms with Gasteiger partial charge in [-0.25, -0.2) is 0 Å². The van der Waals surface area contributed by atoms with Gasteiger partial charge < -0.3 is 0 Å². The van der Waals surface area contributed by atoms with E-state index in [2.05, 4.69) is 20.9 Å². The van der Waals surface area contributed by atoms with Crippen LogP contribution >= 0.6 is 27.5 Å². The molecule has 3 heteroatoms. The molecule has 2 aromatic rings. The maximum Gasteiger partial charge on any atom is 0.0705 e. The van der Waals surface area contributed by atoms with Crippen molar-refractivity contribution in [2.24, 2.45) is 0 Å². The van der Waals surface area contributed by atoms with Gasteiger partial charge in [-0.3, -0.25) is 4.98 Å².